The van der Waals surface area contributed by atoms with Crippen LogP contribution < -0.4 is 16.2 Å². The normalized spacial score (nSPS) is 19.3. The van der Waals surface area contributed by atoms with Crippen molar-refractivity contribution in [1.29, 1.82) is 0 Å². The molecular formula is C46H74N12O11S. The SMILES string of the molecule is COCCCCN1CCN(C(=O)CCCN2C(=O)CC(SC(C/C=N/NCN/N=C/c3ccc(C)cc3)CNC(=O)CN3CCN(CC(=O)O)CCN(CC(=O)O)CCN(CC(=O)O)CC3)C2=O)CC1. The minimum Gasteiger partial charge on any atom is -0.480 e. The Balaban J connectivity index is 1.35. The van der Waals surface area contributed by atoms with E-state index in [1.54, 1.807) is 34.2 Å². The fraction of sp³-hybridized carbons (Fsp3) is 0.674. The van der Waals surface area contributed by atoms with E-state index in [1.165, 1.54) is 16.7 Å². The number of imide groups is 1. The third-order valence-corrected chi connectivity index (χ3v) is 13.6. The van der Waals surface area contributed by atoms with Gasteiger partial charge in [0.1, 0.15) is 6.67 Å². The highest BCUT2D eigenvalue weighted by Crippen LogP contribution is 2.30. The lowest BCUT2D eigenvalue weighted by Crippen LogP contribution is -2.50. The Labute approximate surface area is 414 Å². The minimum atomic E-state index is -1.05. The standard InChI is InChI=1S/C46H74N12O11S/c1-36-7-9-37(10-8-36)29-49-51-35-50-48-12-11-38(70-39-28-42(61)58(46(39)68)14-5-6-41(60)57-25-23-52(24-26-57)13-3-4-27-69-2)30-47-40(59)31-53-15-17-54(32-43(62)63)19-21-56(34-45(66)67)22-20-55(18-16-53)33-44(64)65/h7-10,12,29,38-39,50-51H,3-6,11,13-28,30-35H2,1-2H3,(H,47,59)(H,62,63)(H,64,65)(H,66,67)/b48-12+,49-29+. The number of carbonyl (C=O) groups is 7. The van der Waals surface area contributed by atoms with Crippen molar-refractivity contribution >= 4 is 65.7 Å². The van der Waals surface area contributed by atoms with Crippen molar-refractivity contribution in [3.63, 3.8) is 0 Å². The molecule has 3 aliphatic rings. The predicted molar refractivity (Wildman–Crippen MR) is 265 cm³/mol. The van der Waals surface area contributed by atoms with Crippen LogP contribution in [0.25, 0.3) is 0 Å². The van der Waals surface area contributed by atoms with Gasteiger partial charge in [0.15, 0.2) is 0 Å². The van der Waals surface area contributed by atoms with Crippen LogP contribution in [0.5, 0.6) is 0 Å². The van der Waals surface area contributed by atoms with Gasteiger partial charge < -0.3 is 30.3 Å². The number of methoxy groups -OCH3 is 1. The molecule has 70 heavy (non-hydrogen) atoms. The number of likely N-dealkylation sites (tertiary alicyclic amines) is 1. The number of hydrogen-bond acceptors (Lipinski definition) is 18. The Kier molecular flexibility index (Phi) is 26.1. The first-order valence-electron chi connectivity index (χ1n) is 24.1. The number of hydrazone groups is 2. The molecule has 3 heterocycles. The van der Waals surface area contributed by atoms with E-state index in [4.69, 9.17) is 4.74 Å². The maximum absolute atomic E-state index is 13.7. The van der Waals surface area contributed by atoms with Crippen molar-refractivity contribution < 1.29 is 53.6 Å². The molecule has 3 aliphatic heterocycles. The number of nitrogens with zero attached hydrogens (tertiary/aromatic N) is 9. The molecule has 6 N–H and O–H groups in total. The summed E-state index contributed by atoms with van der Waals surface area (Å²) in [5.41, 5.74) is 7.82. The molecule has 3 fully saturated rings. The van der Waals surface area contributed by atoms with E-state index in [0.29, 0.717) is 25.9 Å². The number of ether oxygens (including phenoxy) is 1. The third kappa shape index (κ3) is 22.7. The average Bonchev–Trinajstić information content (AvgIpc) is 3.58. The van der Waals surface area contributed by atoms with Gasteiger partial charge in [-0.1, -0.05) is 29.8 Å². The number of rotatable bonds is 28. The summed E-state index contributed by atoms with van der Waals surface area (Å²) in [4.78, 5) is 101. The van der Waals surface area contributed by atoms with Crippen molar-refractivity contribution in [1.82, 2.24) is 50.5 Å². The van der Waals surface area contributed by atoms with Crippen LogP contribution in [0.4, 0.5) is 0 Å². The number of unbranched alkanes of at least 4 members (excludes halogenated alkanes) is 1. The molecule has 390 valence electrons. The summed E-state index contributed by atoms with van der Waals surface area (Å²) in [6.45, 7) is 8.16. The fourth-order valence-corrected chi connectivity index (χ4v) is 9.49. The number of carboxylic acids is 3. The molecule has 4 rings (SSSR count). The maximum atomic E-state index is 13.7. The Morgan fingerprint density at radius 1 is 0.729 bits per heavy atom. The van der Waals surface area contributed by atoms with E-state index in [1.807, 2.05) is 41.0 Å². The average molecular weight is 1000 g/mol. The molecule has 1 aromatic carbocycles. The van der Waals surface area contributed by atoms with E-state index in [9.17, 15) is 48.9 Å². The zero-order chi connectivity index (χ0) is 50.7. The van der Waals surface area contributed by atoms with Crippen LogP contribution in [0.1, 0.15) is 49.7 Å². The number of aliphatic carboxylic acids is 3. The highest BCUT2D eigenvalue weighted by molar-refractivity contribution is 8.01. The molecule has 1 aromatic rings. The third-order valence-electron chi connectivity index (χ3n) is 12.1. The first-order chi connectivity index (χ1) is 33.7. The van der Waals surface area contributed by atoms with Crippen molar-refractivity contribution in [2.45, 2.75) is 55.9 Å². The van der Waals surface area contributed by atoms with Crippen molar-refractivity contribution in [3.8, 4) is 0 Å². The van der Waals surface area contributed by atoms with Crippen molar-refractivity contribution in [2.75, 3.05) is 145 Å². The Hall–Kier alpha value is -5.24. The minimum absolute atomic E-state index is 0.00765. The highest BCUT2D eigenvalue weighted by Gasteiger charge is 2.40. The molecule has 24 heteroatoms. The smallest absolute Gasteiger partial charge is 0.317 e. The molecule has 4 amide bonds. The number of aryl methyl sites for hydroxylation is 1. The Morgan fingerprint density at radius 2 is 1.27 bits per heavy atom. The lowest BCUT2D eigenvalue weighted by Gasteiger charge is -2.35. The monoisotopic (exact) mass is 1000 g/mol. The number of hydrogen-bond donors (Lipinski definition) is 6. The number of carboxylic acid groups (broad SMARTS) is 3. The van der Waals surface area contributed by atoms with Gasteiger partial charge in [-0.05, 0) is 44.7 Å². The molecule has 0 saturated carbocycles. The second-order valence-corrected chi connectivity index (χ2v) is 19.2. The van der Waals surface area contributed by atoms with Gasteiger partial charge in [0, 0.05) is 130 Å². The van der Waals surface area contributed by atoms with E-state index in [0.717, 1.165) is 50.2 Å². The fourth-order valence-electron chi connectivity index (χ4n) is 8.17. The van der Waals surface area contributed by atoms with Crippen molar-refractivity contribution in [3.05, 3.63) is 35.4 Å². The van der Waals surface area contributed by atoms with E-state index in [-0.39, 0.29) is 140 Å². The van der Waals surface area contributed by atoms with Gasteiger partial charge in [-0.2, -0.15) is 10.2 Å². The molecule has 2 atom stereocenters. The largest absolute Gasteiger partial charge is 0.480 e. The summed E-state index contributed by atoms with van der Waals surface area (Å²) in [6.07, 6.45) is 6.22. The second-order valence-electron chi connectivity index (χ2n) is 17.7. The van der Waals surface area contributed by atoms with Crippen LogP contribution in [-0.4, -0.2) is 259 Å². The van der Waals surface area contributed by atoms with Gasteiger partial charge in [-0.25, -0.2) is 0 Å². The Morgan fingerprint density at radius 3 is 1.83 bits per heavy atom. The molecule has 0 aliphatic carbocycles. The van der Waals surface area contributed by atoms with Gasteiger partial charge in [-0.3, -0.25) is 73.8 Å². The van der Waals surface area contributed by atoms with Crippen LogP contribution in [0.2, 0.25) is 0 Å². The first-order valence-corrected chi connectivity index (χ1v) is 25.0. The van der Waals surface area contributed by atoms with Gasteiger partial charge in [0.25, 0.3) is 0 Å². The number of thioether (sulfide) groups is 1. The second kappa shape index (κ2) is 31.9. The zero-order valence-electron chi connectivity index (χ0n) is 40.8. The van der Waals surface area contributed by atoms with E-state index < -0.39 is 23.2 Å². The molecular weight excluding hydrogens is 929 g/mol. The molecule has 0 aromatic heterocycles. The van der Waals surface area contributed by atoms with Crippen molar-refractivity contribution in [2.24, 2.45) is 10.2 Å². The van der Waals surface area contributed by atoms with Gasteiger partial charge >= 0.3 is 17.9 Å². The Bertz CT molecular complexity index is 1860. The summed E-state index contributed by atoms with van der Waals surface area (Å²) in [7, 11) is 1.70. The predicted octanol–water partition coefficient (Wildman–Crippen LogP) is -0.987. The molecule has 3 saturated heterocycles. The summed E-state index contributed by atoms with van der Waals surface area (Å²) < 4.78 is 5.13. The lowest BCUT2D eigenvalue weighted by atomic mass is 10.2. The van der Waals surface area contributed by atoms with Crippen LogP contribution in [0.3, 0.4) is 0 Å². The molecule has 0 radical (unpaired) electrons. The van der Waals surface area contributed by atoms with Crippen LogP contribution >= 0.6 is 11.8 Å². The molecule has 0 bridgehead atoms. The van der Waals surface area contributed by atoms with Gasteiger partial charge in [-0.15, -0.1) is 11.8 Å². The van der Waals surface area contributed by atoms with Gasteiger partial charge in [0.2, 0.25) is 23.6 Å². The van der Waals surface area contributed by atoms with Crippen LogP contribution in [-0.2, 0) is 38.3 Å². The number of nitrogens with one attached hydrogen (secondary N) is 3. The number of piperazine rings is 1. The highest BCUT2D eigenvalue weighted by atomic mass is 32.2. The number of amides is 4. The maximum Gasteiger partial charge on any atom is 0.317 e. The first kappa shape index (κ1) is 57.3. The van der Waals surface area contributed by atoms with Gasteiger partial charge in [0.05, 0.1) is 37.6 Å². The summed E-state index contributed by atoms with van der Waals surface area (Å²) in [5.74, 6) is -4.15. The summed E-state index contributed by atoms with van der Waals surface area (Å²) >= 11 is 1.28. The molecule has 0 spiro atoms. The molecule has 2 unspecified atom stereocenters. The topological polar surface area (TPSA) is 273 Å². The summed E-state index contributed by atoms with van der Waals surface area (Å²) in [6, 6.07) is 7.88. The quantitative estimate of drug-likeness (QED) is 0.0194. The number of benzene rings is 1. The molecule has 23 nitrogen and oxygen atoms in total. The van der Waals surface area contributed by atoms with Crippen LogP contribution in [0, 0.1) is 6.92 Å². The number of carbonyl (C=O) groups excluding carboxylic acids is 4. The van der Waals surface area contributed by atoms with E-state index in [2.05, 4.69) is 31.3 Å². The van der Waals surface area contributed by atoms with E-state index >= 15 is 0 Å². The summed E-state index contributed by atoms with van der Waals surface area (Å²) in [5, 5.41) is 39.0. The lowest BCUT2D eigenvalue weighted by molar-refractivity contribution is -0.140. The zero-order valence-corrected chi connectivity index (χ0v) is 41.6. The van der Waals surface area contributed by atoms with Crippen LogP contribution in [0.15, 0.2) is 34.5 Å².